The lowest BCUT2D eigenvalue weighted by molar-refractivity contribution is -0.150. The van der Waals surface area contributed by atoms with E-state index in [1.54, 1.807) is 27.7 Å². The van der Waals surface area contributed by atoms with Crippen molar-refractivity contribution in [2.24, 2.45) is 17.3 Å². The first-order chi connectivity index (χ1) is 8.08. The highest BCUT2D eigenvalue weighted by Crippen LogP contribution is 2.36. The van der Waals surface area contributed by atoms with Crippen molar-refractivity contribution in [1.82, 2.24) is 10.6 Å². The number of hydrogen-bond donors (Lipinski definition) is 3. The van der Waals surface area contributed by atoms with Crippen molar-refractivity contribution in [3.63, 3.8) is 0 Å². The number of carboxylic acids is 1. The van der Waals surface area contributed by atoms with Crippen LogP contribution in [0.1, 0.15) is 41.0 Å². The number of amides is 2. The number of aliphatic carboxylic acids is 1. The molecular formula is C13H24N2O3. The Labute approximate surface area is 108 Å². The summed E-state index contributed by atoms with van der Waals surface area (Å²) < 4.78 is 0. The Morgan fingerprint density at radius 3 is 2.17 bits per heavy atom. The third-order valence-electron chi connectivity index (χ3n) is 4.32. The van der Waals surface area contributed by atoms with E-state index in [1.165, 1.54) is 0 Å². The van der Waals surface area contributed by atoms with Crippen molar-refractivity contribution in [3.8, 4) is 0 Å². The minimum atomic E-state index is -1.03. The van der Waals surface area contributed by atoms with Gasteiger partial charge in [0.15, 0.2) is 0 Å². The SMILES string of the molecule is CC1CC1CNC(=O)NC(C)(C)C(C)(C)C(=O)O. The van der Waals surface area contributed by atoms with Gasteiger partial charge in [0.2, 0.25) is 0 Å². The van der Waals surface area contributed by atoms with Crippen molar-refractivity contribution >= 4 is 12.0 Å². The standard InChI is InChI=1S/C13H24N2O3/c1-8-6-9(8)7-14-11(18)15-13(4,5)12(2,3)10(16)17/h8-9H,6-7H2,1-5H3,(H,16,17)(H2,14,15,18). The maximum atomic E-state index is 11.8. The molecule has 2 unspecified atom stereocenters. The molecule has 3 N–H and O–H groups in total. The van der Waals surface area contributed by atoms with E-state index in [4.69, 9.17) is 0 Å². The van der Waals surface area contributed by atoms with Crippen LogP contribution in [-0.2, 0) is 4.79 Å². The van der Waals surface area contributed by atoms with Crippen LogP contribution in [0.15, 0.2) is 0 Å². The fourth-order valence-electron chi connectivity index (χ4n) is 1.66. The third kappa shape index (κ3) is 3.15. The molecule has 2 amide bonds. The van der Waals surface area contributed by atoms with Gasteiger partial charge in [0.25, 0.3) is 0 Å². The number of carboxylic acid groups (broad SMARTS) is 1. The molecule has 0 radical (unpaired) electrons. The predicted molar refractivity (Wildman–Crippen MR) is 69.3 cm³/mol. The van der Waals surface area contributed by atoms with Gasteiger partial charge < -0.3 is 15.7 Å². The Hall–Kier alpha value is -1.26. The second kappa shape index (κ2) is 4.78. The number of hydrogen-bond acceptors (Lipinski definition) is 2. The molecule has 1 saturated carbocycles. The van der Waals surface area contributed by atoms with E-state index in [-0.39, 0.29) is 6.03 Å². The first kappa shape index (κ1) is 14.8. The zero-order valence-electron chi connectivity index (χ0n) is 11.8. The van der Waals surface area contributed by atoms with Crippen molar-refractivity contribution < 1.29 is 14.7 Å². The molecule has 1 aliphatic carbocycles. The first-order valence-corrected chi connectivity index (χ1v) is 6.37. The van der Waals surface area contributed by atoms with Crippen LogP contribution >= 0.6 is 0 Å². The molecule has 1 rings (SSSR count). The molecule has 0 aromatic rings. The van der Waals surface area contributed by atoms with Crippen molar-refractivity contribution in [3.05, 3.63) is 0 Å². The summed E-state index contributed by atoms with van der Waals surface area (Å²) >= 11 is 0. The maximum Gasteiger partial charge on any atom is 0.315 e. The molecule has 0 aromatic carbocycles. The van der Waals surface area contributed by atoms with E-state index < -0.39 is 16.9 Å². The van der Waals surface area contributed by atoms with E-state index in [2.05, 4.69) is 17.6 Å². The highest BCUT2D eigenvalue weighted by molar-refractivity contribution is 5.79. The molecule has 1 fully saturated rings. The lowest BCUT2D eigenvalue weighted by atomic mass is 9.74. The van der Waals surface area contributed by atoms with Crippen molar-refractivity contribution in [2.75, 3.05) is 6.54 Å². The van der Waals surface area contributed by atoms with Crippen LogP contribution in [0.2, 0.25) is 0 Å². The van der Waals surface area contributed by atoms with Gasteiger partial charge in [0, 0.05) is 6.54 Å². The van der Waals surface area contributed by atoms with Crippen LogP contribution in [0.5, 0.6) is 0 Å². The molecule has 2 atom stereocenters. The summed E-state index contributed by atoms with van der Waals surface area (Å²) in [6.07, 6.45) is 1.16. The van der Waals surface area contributed by atoms with Gasteiger partial charge in [-0.15, -0.1) is 0 Å². The van der Waals surface area contributed by atoms with Gasteiger partial charge in [0.05, 0.1) is 11.0 Å². The van der Waals surface area contributed by atoms with Gasteiger partial charge in [-0.25, -0.2) is 4.79 Å². The molecule has 5 nitrogen and oxygen atoms in total. The number of urea groups is 1. The van der Waals surface area contributed by atoms with E-state index >= 15 is 0 Å². The minimum absolute atomic E-state index is 0.298. The molecule has 0 saturated heterocycles. The molecule has 0 aromatic heterocycles. The number of nitrogens with one attached hydrogen (secondary N) is 2. The molecule has 0 aliphatic heterocycles. The maximum absolute atomic E-state index is 11.8. The predicted octanol–water partition coefficient (Wildman–Crippen LogP) is 1.83. The van der Waals surface area contributed by atoms with Gasteiger partial charge >= 0.3 is 12.0 Å². The first-order valence-electron chi connectivity index (χ1n) is 6.37. The molecule has 1 aliphatic rings. The molecule has 5 heteroatoms. The lowest BCUT2D eigenvalue weighted by Gasteiger charge is -2.38. The fraction of sp³-hybridized carbons (Fsp3) is 0.846. The van der Waals surface area contributed by atoms with Crippen molar-refractivity contribution in [2.45, 2.75) is 46.6 Å². The fourth-order valence-corrected chi connectivity index (χ4v) is 1.66. The average Bonchev–Trinajstić information content (AvgIpc) is 2.90. The summed E-state index contributed by atoms with van der Waals surface area (Å²) in [5.41, 5.74) is -1.85. The van der Waals surface area contributed by atoms with Gasteiger partial charge in [-0.05, 0) is 46.0 Å². The summed E-state index contributed by atoms with van der Waals surface area (Å²) in [7, 11) is 0. The molecule has 104 valence electrons. The summed E-state index contributed by atoms with van der Waals surface area (Å²) in [5.74, 6) is 0.337. The van der Waals surface area contributed by atoms with Crippen LogP contribution in [0.4, 0.5) is 4.79 Å². The summed E-state index contributed by atoms with van der Waals surface area (Å²) in [4.78, 5) is 22.9. The van der Waals surface area contributed by atoms with Crippen LogP contribution in [0.3, 0.4) is 0 Å². The molecule has 0 heterocycles. The molecular weight excluding hydrogens is 232 g/mol. The summed E-state index contributed by atoms with van der Waals surface area (Å²) in [5, 5.41) is 14.7. The van der Waals surface area contributed by atoms with Crippen LogP contribution in [-0.4, -0.2) is 29.2 Å². The number of carbonyl (C=O) groups is 2. The summed E-state index contributed by atoms with van der Waals surface area (Å²) in [6.45, 7) is 9.48. The van der Waals surface area contributed by atoms with E-state index in [1.807, 2.05) is 0 Å². The Kier molecular flexibility index (Phi) is 3.93. The van der Waals surface area contributed by atoms with Crippen LogP contribution in [0.25, 0.3) is 0 Å². The van der Waals surface area contributed by atoms with Crippen LogP contribution < -0.4 is 10.6 Å². The molecule has 0 spiro atoms. The summed E-state index contributed by atoms with van der Waals surface area (Å²) in [6, 6.07) is -0.298. The Morgan fingerprint density at radius 2 is 1.78 bits per heavy atom. The Morgan fingerprint density at radius 1 is 1.28 bits per heavy atom. The van der Waals surface area contributed by atoms with Crippen molar-refractivity contribution in [1.29, 1.82) is 0 Å². The largest absolute Gasteiger partial charge is 0.481 e. The second-order valence-corrected chi connectivity index (χ2v) is 6.36. The molecule has 0 bridgehead atoms. The van der Waals surface area contributed by atoms with E-state index in [9.17, 15) is 14.7 Å². The average molecular weight is 256 g/mol. The van der Waals surface area contributed by atoms with Gasteiger partial charge in [-0.2, -0.15) is 0 Å². The normalized spacial score (nSPS) is 23.4. The van der Waals surface area contributed by atoms with E-state index in [0.717, 1.165) is 6.42 Å². The van der Waals surface area contributed by atoms with Gasteiger partial charge in [-0.3, -0.25) is 4.79 Å². The Bertz CT molecular complexity index is 350. The zero-order valence-corrected chi connectivity index (χ0v) is 11.8. The minimum Gasteiger partial charge on any atom is -0.481 e. The second-order valence-electron chi connectivity index (χ2n) is 6.36. The highest BCUT2D eigenvalue weighted by Gasteiger charge is 2.44. The lowest BCUT2D eigenvalue weighted by Crippen LogP contribution is -2.59. The van der Waals surface area contributed by atoms with E-state index in [0.29, 0.717) is 18.4 Å². The smallest absolute Gasteiger partial charge is 0.315 e. The van der Waals surface area contributed by atoms with Gasteiger partial charge in [0.1, 0.15) is 0 Å². The number of carbonyl (C=O) groups excluding carboxylic acids is 1. The topological polar surface area (TPSA) is 78.4 Å². The van der Waals surface area contributed by atoms with Gasteiger partial charge in [-0.1, -0.05) is 6.92 Å². The monoisotopic (exact) mass is 256 g/mol. The molecule has 18 heavy (non-hydrogen) atoms. The van der Waals surface area contributed by atoms with Crippen LogP contribution in [0, 0.1) is 17.3 Å². The zero-order chi connectivity index (χ0) is 14.1. The quantitative estimate of drug-likeness (QED) is 0.702. The third-order valence-corrected chi connectivity index (χ3v) is 4.32. The number of rotatable bonds is 5. The Balaban J connectivity index is 2.48. The highest BCUT2D eigenvalue weighted by atomic mass is 16.4.